The van der Waals surface area contributed by atoms with Crippen molar-refractivity contribution in [2.75, 3.05) is 0 Å². The molecule has 0 radical (unpaired) electrons. The highest BCUT2D eigenvalue weighted by molar-refractivity contribution is 5.74. The van der Waals surface area contributed by atoms with Crippen LogP contribution in [0.4, 0.5) is 0 Å². The molecule has 0 amide bonds. The maximum absolute atomic E-state index is 11.0. The van der Waals surface area contributed by atoms with E-state index in [0.29, 0.717) is 0 Å². The normalized spacial score (nSPS) is 12.5. The number of allylic oxidation sites excluding steroid dienone is 2. The van der Waals surface area contributed by atoms with E-state index in [4.69, 9.17) is 4.74 Å². The Kier molecular flexibility index (Phi) is 4.77. The van der Waals surface area contributed by atoms with Crippen molar-refractivity contribution in [2.45, 2.75) is 13.8 Å². The Morgan fingerprint density at radius 1 is 1.58 bits per heavy atom. The highest BCUT2D eigenvalue weighted by Crippen LogP contribution is 2.00. The van der Waals surface area contributed by atoms with Crippen molar-refractivity contribution in [1.29, 1.82) is 0 Å². The summed E-state index contributed by atoms with van der Waals surface area (Å²) in [7, 11) is 0. The minimum Gasteiger partial charge on any atom is -0.434 e. The van der Waals surface area contributed by atoms with Crippen LogP contribution in [-0.2, 0) is 9.53 Å². The topological polar surface area (TPSA) is 26.3 Å². The van der Waals surface area contributed by atoms with Gasteiger partial charge < -0.3 is 4.74 Å². The second-order valence-corrected chi connectivity index (χ2v) is 2.61. The van der Waals surface area contributed by atoms with Crippen LogP contribution in [0.25, 0.3) is 0 Å². The molecule has 0 heterocycles. The van der Waals surface area contributed by atoms with E-state index in [2.05, 4.69) is 13.2 Å². The second-order valence-electron chi connectivity index (χ2n) is 2.61. The van der Waals surface area contributed by atoms with Crippen molar-refractivity contribution >= 4 is 5.97 Å². The van der Waals surface area contributed by atoms with E-state index in [-0.39, 0.29) is 11.9 Å². The lowest BCUT2D eigenvalue weighted by Gasteiger charge is -2.01. The molecular formula is C10H14O2. The van der Waals surface area contributed by atoms with Crippen molar-refractivity contribution in [1.82, 2.24) is 0 Å². The number of hydrogen-bond donors (Lipinski definition) is 0. The second kappa shape index (κ2) is 5.35. The molecule has 12 heavy (non-hydrogen) atoms. The molecule has 0 aromatic rings. The first-order chi connectivity index (χ1) is 5.57. The van der Waals surface area contributed by atoms with Gasteiger partial charge in [0.15, 0.2) is 0 Å². The van der Waals surface area contributed by atoms with Crippen LogP contribution in [0.2, 0.25) is 0 Å². The predicted molar refractivity (Wildman–Crippen MR) is 49.4 cm³/mol. The third-order valence-electron chi connectivity index (χ3n) is 1.26. The summed E-state index contributed by atoms with van der Waals surface area (Å²) in [5.41, 5.74) is 0.842. The average Bonchev–Trinajstić information content (AvgIpc) is 2.02. The summed E-state index contributed by atoms with van der Waals surface area (Å²) in [4.78, 5) is 11.0. The Balaban J connectivity index is 3.86. The van der Waals surface area contributed by atoms with Crippen LogP contribution in [-0.4, -0.2) is 5.97 Å². The maximum atomic E-state index is 11.0. The molecule has 0 aliphatic carbocycles. The monoisotopic (exact) mass is 166 g/mol. The van der Waals surface area contributed by atoms with Crippen LogP contribution in [0.5, 0.6) is 0 Å². The number of carbonyl (C=O) groups excluding carboxylic acids is 1. The van der Waals surface area contributed by atoms with Crippen LogP contribution >= 0.6 is 0 Å². The fraction of sp³-hybridized carbons (Fsp3) is 0.300. The molecule has 0 aliphatic heterocycles. The summed E-state index contributed by atoms with van der Waals surface area (Å²) < 4.78 is 4.75. The summed E-state index contributed by atoms with van der Waals surface area (Å²) in [6, 6.07) is 0. The van der Waals surface area contributed by atoms with Crippen molar-refractivity contribution < 1.29 is 9.53 Å². The molecule has 2 nitrogen and oxygen atoms in total. The molecule has 0 fully saturated rings. The van der Waals surface area contributed by atoms with Gasteiger partial charge in [0.25, 0.3) is 0 Å². The van der Waals surface area contributed by atoms with Gasteiger partial charge in [-0.1, -0.05) is 18.2 Å². The molecular weight excluding hydrogens is 152 g/mol. The lowest BCUT2D eigenvalue weighted by molar-refractivity contribution is -0.140. The SMILES string of the molecule is C=C[C@H](C)C(=O)OC=CC(=C)C. The van der Waals surface area contributed by atoms with Crippen LogP contribution in [0.1, 0.15) is 13.8 Å². The fourth-order valence-electron chi connectivity index (χ4n) is 0.421. The van der Waals surface area contributed by atoms with Gasteiger partial charge in [-0.15, -0.1) is 6.58 Å². The van der Waals surface area contributed by atoms with E-state index in [9.17, 15) is 4.79 Å². The van der Waals surface area contributed by atoms with E-state index in [0.717, 1.165) is 5.57 Å². The third kappa shape index (κ3) is 4.50. The van der Waals surface area contributed by atoms with Crippen molar-refractivity contribution in [3.05, 3.63) is 37.1 Å². The Hall–Kier alpha value is -1.31. The van der Waals surface area contributed by atoms with Gasteiger partial charge in [-0.3, -0.25) is 4.79 Å². The van der Waals surface area contributed by atoms with Crippen molar-refractivity contribution in [3.8, 4) is 0 Å². The van der Waals surface area contributed by atoms with E-state index < -0.39 is 0 Å². The number of esters is 1. The van der Waals surface area contributed by atoms with E-state index in [1.54, 1.807) is 13.0 Å². The Morgan fingerprint density at radius 3 is 2.58 bits per heavy atom. The predicted octanol–water partition coefficient (Wildman–Crippen LogP) is 2.44. The lowest BCUT2D eigenvalue weighted by atomic mass is 10.2. The molecule has 0 saturated heterocycles. The standard InChI is InChI=1S/C10H14O2/c1-5-9(4)10(11)12-7-6-8(2)3/h5-7,9H,1-2H2,3-4H3/t9-/m0/s1. The zero-order chi connectivity index (χ0) is 9.56. The van der Waals surface area contributed by atoms with E-state index in [1.807, 2.05) is 6.92 Å². The molecule has 0 rings (SSSR count). The van der Waals surface area contributed by atoms with Gasteiger partial charge in [0, 0.05) is 0 Å². The number of ether oxygens (including phenoxy) is 1. The van der Waals surface area contributed by atoms with Gasteiger partial charge in [-0.25, -0.2) is 0 Å². The summed E-state index contributed by atoms with van der Waals surface area (Å²) in [6.45, 7) is 10.6. The molecule has 0 aromatic carbocycles. The first-order valence-corrected chi connectivity index (χ1v) is 3.73. The highest BCUT2D eigenvalue weighted by Gasteiger charge is 2.07. The van der Waals surface area contributed by atoms with Crippen molar-refractivity contribution in [2.24, 2.45) is 5.92 Å². The number of carbonyl (C=O) groups is 1. The summed E-state index contributed by atoms with van der Waals surface area (Å²) in [6.07, 6.45) is 4.51. The molecule has 0 aliphatic rings. The molecule has 0 bridgehead atoms. The molecule has 1 atom stereocenters. The van der Waals surface area contributed by atoms with Gasteiger partial charge in [0.05, 0.1) is 12.2 Å². The molecule has 2 heteroatoms. The van der Waals surface area contributed by atoms with Gasteiger partial charge >= 0.3 is 5.97 Å². The zero-order valence-corrected chi connectivity index (χ0v) is 7.54. The van der Waals surface area contributed by atoms with Crippen LogP contribution in [0.15, 0.2) is 37.1 Å². The van der Waals surface area contributed by atoms with Gasteiger partial charge in [0.1, 0.15) is 0 Å². The number of rotatable bonds is 4. The minimum atomic E-state index is -0.303. The Morgan fingerprint density at radius 2 is 2.17 bits per heavy atom. The largest absolute Gasteiger partial charge is 0.434 e. The minimum absolute atomic E-state index is 0.264. The molecule has 0 spiro atoms. The molecule has 66 valence electrons. The third-order valence-corrected chi connectivity index (χ3v) is 1.26. The van der Waals surface area contributed by atoms with Gasteiger partial charge in [-0.05, 0) is 19.9 Å². The molecule has 0 aromatic heterocycles. The lowest BCUT2D eigenvalue weighted by Crippen LogP contribution is -2.08. The van der Waals surface area contributed by atoms with Crippen LogP contribution in [0, 0.1) is 5.92 Å². The Labute approximate surface area is 73.2 Å². The zero-order valence-electron chi connectivity index (χ0n) is 7.54. The summed E-state index contributed by atoms with van der Waals surface area (Å²) >= 11 is 0. The average molecular weight is 166 g/mol. The first-order valence-electron chi connectivity index (χ1n) is 3.73. The smallest absolute Gasteiger partial charge is 0.317 e. The molecule has 0 N–H and O–H groups in total. The van der Waals surface area contributed by atoms with Gasteiger partial charge in [-0.2, -0.15) is 0 Å². The van der Waals surface area contributed by atoms with E-state index in [1.165, 1.54) is 12.3 Å². The van der Waals surface area contributed by atoms with Crippen LogP contribution in [0.3, 0.4) is 0 Å². The summed E-state index contributed by atoms with van der Waals surface area (Å²) in [5, 5.41) is 0. The summed E-state index contributed by atoms with van der Waals surface area (Å²) in [5.74, 6) is -0.567. The quantitative estimate of drug-likeness (QED) is 0.277. The van der Waals surface area contributed by atoms with Crippen LogP contribution < -0.4 is 0 Å². The van der Waals surface area contributed by atoms with Gasteiger partial charge in [0.2, 0.25) is 0 Å². The Bertz CT molecular complexity index is 214. The van der Waals surface area contributed by atoms with E-state index >= 15 is 0 Å². The fourth-order valence-corrected chi connectivity index (χ4v) is 0.421. The number of hydrogen-bond acceptors (Lipinski definition) is 2. The molecule has 0 saturated carbocycles. The molecule has 0 unspecified atom stereocenters. The maximum Gasteiger partial charge on any atom is 0.317 e. The first kappa shape index (κ1) is 10.7. The highest BCUT2D eigenvalue weighted by atomic mass is 16.5. The van der Waals surface area contributed by atoms with Crippen molar-refractivity contribution in [3.63, 3.8) is 0 Å².